The molecular formula is CH3MgO7P. The maximum Gasteiger partial charge on any atom is 2.00 e. The van der Waals surface area contributed by atoms with Gasteiger partial charge < -0.3 is 29.7 Å². The van der Waals surface area contributed by atoms with Crippen molar-refractivity contribution in [3.63, 3.8) is 0 Å². The van der Waals surface area contributed by atoms with E-state index >= 15 is 0 Å². The minimum atomic E-state index is -4.64. The van der Waals surface area contributed by atoms with Crippen LogP contribution in [0.5, 0.6) is 0 Å². The van der Waals surface area contributed by atoms with Gasteiger partial charge >= 0.3 is 30.9 Å². The Bertz CT molecular complexity index is 113. The van der Waals surface area contributed by atoms with Crippen LogP contribution in [0.4, 0.5) is 4.79 Å². The molecule has 0 aliphatic heterocycles. The van der Waals surface area contributed by atoms with E-state index in [-0.39, 0.29) is 23.1 Å². The summed E-state index contributed by atoms with van der Waals surface area (Å²) >= 11 is 0. The van der Waals surface area contributed by atoms with Crippen LogP contribution in [0.1, 0.15) is 0 Å². The molecule has 7 nitrogen and oxygen atoms in total. The van der Waals surface area contributed by atoms with Gasteiger partial charge in [0.05, 0.1) is 0 Å². The van der Waals surface area contributed by atoms with Gasteiger partial charge in [0, 0.05) is 0 Å². The fraction of sp³-hybridized carbons (Fsp3) is 0. The summed E-state index contributed by atoms with van der Waals surface area (Å²) in [6, 6.07) is 0. The molecule has 0 atom stereocenters. The summed E-state index contributed by atoms with van der Waals surface area (Å²) in [5.41, 5.74) is 0. The van der Waals surface area contributed by atoms with Crippen molar-refractivity contribution in [1.82, 2.24) is 0 Å². The molecule has 0 radical (unpaired) electrons. The first-order valence-electron chi connectivity index (χ1n) is 1.39. The van der Waals surface area contributed by atoms with Gasteiger partial charge in [-0.25, -0.2) is 4.57 Å². The molecule has 0 bridgehead atoms. The minimum Gasteiger partial charge on any atom is -0.652 e. The van der Waals surface area contributed by atoms with E-state index in [0.29, 0.717) is 0 Å². The Labute approximate surface area is 71.7 Å². The number of phosphoric acid groups is 1. The molecule has 0 aliphatic rings. The number of hydrogen-bond donors (Lipinski definition) is 3. The van der Waals surface area contributed by atoms with Crippen molar-refractivity contribution in [2.45, 2.75) is 0 Å². The minimum absolute atomic E-state index is 0. The Kier molecular flexibility index (Phi) is 12.1. The number of carbonyl (C=O) groups is 1. The van der Waals surface area contributed by atoms with Crippen molar-refractivity contribution in [3.05, 3.63) is 0 Å². The molecule has 0 saturated carbocycles. The van der Waals surface area contributed by atoms with Crippen LogP contribution in [0.15, 0.2) is 0 Å². The molecule has 0 aromatic heterocycles. The zero-order valence-corrected chi connectivity index (χ0v) is 6.94. The molecule has 0 rings (SSSR count). The molecule has 0 amide bonds. The topological polar surface area (TPSA) is 141 Å². The molecule has 0 fully saturated rings. The van der Waals surface area contributed by atoms with Crippen molar-refractivity contribution in [3.8, 4) is 0 Å². The molecule has 3 N–H and O–H groups in total. The van der Waals surface area contributed by atoms with Gasteiger partial charge in [-0.1, -0.05) is 0 Å². The standard InChI is InChI=1S/CH2O3.Mg.H3O4P/c2-1(3)4;;1-5(2,3)4/h(H2,2,3,4);;(H3,1,2,3,4)/q;+2;/p-2. The number of hydrogen-bond acceptors (Lipinski definition) is 4. The molecule has 56 valence electrons. The van der Waals surface area contributed by atoms with Crippen LogP contribution in [0.3, 0.4) is 0 Å². The van der Waals surface area contributed by atoms with E-state index in [1.165, 1.54) is 0 Å². The fourth-order valence-electron chi connectivity index (χ4n) is 0. The van der Waals surface area contributed by atoms with Crippen LogP contribution in [0.2, 0.25) is 0 Å². The Hall–Kier alpha value is 0.146. The maximum absolute atomic E-state index is 8.88. The normalized spacial score (nSPS) is 8.30. The molecule has 9 heteroatoms. The second-order valence-corrected chi connectivity index (χ2v) is 1.79. The maximum atomic E-state index is 8.88. The molecule has 0 spiro atoms. The van der Waals surface area contributed by atoms with Crippen molar-refractivity contribution in [1.29, 1.82) is 0 Å². The summed E-state index contributed by atoms with van der Waals surface area (Å²) in [5, 5.41) is 16.7. The van der Waals surface area contributed by atoms with E-state index in [2.05, 4.69) is 0 Å². The summed E-state index contributed by atoms with van der Waals surface area (Å²) in [4.78, 5) is 29.9. The SMILES string of the molecule is O=C([O-])[O-].O=P(O)(O)O.[Mg+2]. The van der Waals surface area contributed by atoms with E-state index in [1.807, 2.05) is 0 Å². The van der Waals surface area contributed by atoms with Gasteiger partial charge in [0.2, 0.25) is 0 Å². The number of carboxylic acid groups (broad SMARTS) is 2. The van der Waals surface area contributed by atoms with Gasteiger partial charge in [-0.3, -0.25) is 0 Å². The van der Waals surface area contributed by atoms with Crippen molar-refractivity contribution in [2.75, 3.05) is 0 Å². The van der Waals surface area contributed by atoms with Crippen molar-refractivity contribution < 1.29 is 34.3 Å². The zero-order valence-electron chi connectivity index (χ0n) is 4.63. The molecular weight excluding hydrogens is 179 g/mol. The monoisotopic (exact) mass is 182 g/mol. The van der Waals surface area contributed by atoms with Crippen LogP contribution in [0, 0.1) is 0 Å². The van der Waals surface area contributed by atoms with Gasteiger partial charge in [0.15, 0.2) is 0 Å². The zero-order chi connectivity index (χ0) is 8.08. The van der Waals surface area contributed by atoms with Crippen LogP contribution >= 0.6 is 7.82 Å². The Morgan fingerprint density at radius 3 is 1.20 bits per heavy atom. The van der Waals surface area contributed by atoms with Crippen LogP contribution in [0.25, 0.3) is 0 Å². The average molecular weight is 182 g/mol. The predicted molar refractivity (Wildman–Crippen MR) is 25.4 cm³/mol. The number of carbonyl (C=O) groups excluding carboxylic acids is 1. The third-order valence-corrected chi connectivity index (χ3v) is 0. The summed E-state index contributed by atoms with van der Waals surface area (Å²) in [6.45, 7) is 0. The quantitative estimate of drug-likeness (QED) is 0.258. The molecule has 0 aromatic carbocycles. The Morgan fingerprint density at radius 1 is 1.20 bits per heavy atom. The molecule has 0 heterocycles. The van der Waals surface area contributed by atoms with Crippen molar-refractivity contribution >= 4 is 37.0 Å². The Balaban J connectivity index is -0.0000000910. The van der Waals surface area contributed by atoms with Crippen LogP contribution in [-0.4, -0.2) is 43.9 Å². The largest absolute Gasteiger partial charge is 2.00 e. The summed E-state index contributed by atoms with van der Waals surface area (Å²) in [6.07, 6.45) is -2.33. The third kappa shape index (κ3) is 19500. The van der Waals surface area contributed by atoms with E-state index in [4.69, 9.17) is 34.3 Å². The summed E-state index contributed by atoms with van der Waals surface area (Å²) in [5.74, 6) is 0. The summed E-state index contributed by atoms with van der Waals surface area (Å²) in [7, 11) is -4.64. The number of rotatable bonds is 0. The van der Waals surface area contributed by atoms with Crippen LogP contribution < -0.4 is 10.2 Å². The Morgan fingerprint density at radius 2 is 1.20 bits per heavy atom. The van der Waals surface area contributed by atoms with Gasteiger partial charge in [-0.15, -0.1) is 0 Å². The molecule has 0 aromatic rings. The average Bonchev–Trinajstić information content (AvgIpc) is 1.19. The van der Waals surface area contributed by atoms with Gasteiger partial charge in [-0.2, -0.15) is 0 Å². The van der Waals surface area contributed by atoms with Gasteiger partial charge in [0.1, 0.15) is 0 Å². The molecule has 0 saturated heterocycles. The summed E-state index contributed by atoms with van der Waals surface area (Å²) < 4.78 is 8.88. The molecule has 0 unspecified atom stereocenters. The smallest absolute Gasteiger partial charge is 0.652 e. The third-order valence-electron chi connectivity index (χ3n) is 0. The second-order valence-electron chi connectivity index (χ2n) is 0.763. The van der Waals surface area contributed by atoms with E-state index in [1.54, 1.807) is 0 Å². The fourth-order valence-corrected chi connectivity index (χ4v) is 0. The van der Waals surface area contributed by atoms with E-state index in [0.717, 1.165) is 0 Å². The second kappa shape index (κ2) is 7.26. The van der Waals surface area contributed by atoms with E-state index in [9.17, 15) is 0 Å². The van der Waals surface area contributed by atoms with Crippen molar-refractivity contribution in [2.24, 2.45) is 0 Å². The molecule has 10 heavy (non-hydrogen) atoms. The first-order valence-corrected chi connectivity index (χ1v) is 2.96. The first-order chi connectivity index (χ1) is 3.73. The van der Waals surface area contributed by atoms with Gasteiger partial charge in [-0.05, 0) is 6.16 Å². The first kappa shape index (κ1) is 16.6. The van der Waals surface area contributed by atoms with Gasteiger partial charge in [0.25, 0.3) is 0 Å². The van der Waals surface area contributed by atoms with Crippen LogP contribution in [-0.2, 0) is 4.57 Å². The van der Waals surface area contributed by atoms with E-state index < -0.39 is 14.0 Å². The molecule has 0 aliphatic carbocycles. The predicted octanol–water partition coefficient (Wildman–Crippen LogP) is -3.76.